The summed E-state index contributed by atoms with van der Waals surface area (Å²) in [6, 6.07) is 0. The second-order valence-corrected chi connectivity index (χ2v) is 22.2. The predicted octanol–water partition coefficient (Wildman–Crippen LogP) is 8.20. The lowest BCUT2D eigenvalue weighted by Gasteiger charge is -2.31. The molecule has 0 nitrogen and oxygen atoms in total. The first kappa shape index (κ1) is 27.0. The van der Waals surface area contributed by atoms with Gasteiger partial charge in [0.1, 0.15) is 16.1 Å². The van der Waals surface area contributed by atoms with E-state index < -0.39 is 16.1 Å². The lowest BCUT2D eigenvalue weighted by Crippen LogP contribution is -2.35. The highest BCUT2D eigenvalue weighted by Gasteiger charge is 2.34. The van der Waals surface area contributed by atoms with Crippen LogP contribution in [0.25, 0.3) is 0 Å². The van der Waals surface area contributed by atoms with Gasteiger partial charge in [-0.1, -0.05) is 92.9 Å². The summed E-state index contributed by atoms with van der Waals surface area (Å²) in [7, 11) is -3.24. The normalized spacial score (nSPS) is 13.9. The molecule has 0 N–H and O–H groups in total. The number of allylic oxidation sites excluding steroid dienone is 2. The van der Waals surface area contributed by atoms with Gasteiger partial charge in [0.2, 0.25) is 0 Å². The number of hydrogen-bond acceptors (Lipinski definition) is 2. The number of rotatable bonds is 5. The maximum Gasteiger partial charge on any atom is 0.138 e. The van der Waals surface area contributed by atoms with Crippen molar-refractivity contribution in [2.45, 2.75) is 97.6 Å². The van der Waals surface area contributed by atoms with Crippen molar-refractivity contribution in [2.24, 2.45) is 0 Å². The Bertz CT molecular complexity index is 636. The monoisotopic (exact) mass is 438 g/mol. The lowest BCUT2D eigenvalue weighted by atomic mass is 10.2. The van der Waals surface area contributed by atoms with Crippen molar-refractivity contribution in [1.29, 1.82) is 0 Å². The minimum absolute atomic E-state index is 0.283. The van der Waals surface area contributed by atoms with E-state index in [2.05, 4.69) is 104 Å². The molecule has 0 atom stereocenters. The SMILES string of the molecule is CCCCS/C(C#C[Si](C)(C)C(C)(C)C)=C(/C#C[Si](C)(C)C(C)(C)C)SC. The van der Waals surface area contributed by atoms with Crippen LogP contribution in [0.4, 0.5) is 0 Å². The van der Waals surface area contributed by atoms with Crippen molar-refractivity contribution in [3.8, 4) is 22.9 Å². The van der Waals surface area contributed by atoms with Gasteiger partial charge in [0.05, 0.1) is 9.81 Å². The van der Waals surface area contributed by atoms with Gasteiger partial charge in [-0.3, -0.25) is 0 Å². The van der Waals surface area contributed by atoms with Gasteiger partial charge in [0.25, 0.3) is 0 Å². The van der Waals surface area contributed by atoms with Gasteiger partial charge in [-0.25, -0.2) is 0 Å². The lowest BCUT2D eigenvalue weighted by molar-refractivity contribution is 0.730. The second kappa shape index (κ2) is 10.7. The van der Waals surface area contributed by atoms with Crippen LogP contribution in [0.5, 0.6) is 0 Å². The number of unbranched alkanes of at least 4 members (excludes halogenated alkanes) is 1. The van der Waals surface area contributed by atoms with Gasteiger partial charge in [0, 0.05) is 0 Å². The summed E-state index contributed by atoms with van der Waals surface area (Å²) in [5.41, 5.74) is 7.40. The average Bonchev–Trinajstić information content (AvgIpc) is 2.50. The molecule has 0 aromatic rings. The van der Waals surface area contributed by atoms with Gasteiger partial charge < -0.3 is 0 Å². The van der Waals surface area contributed by atoms with E-state index in [-0.39, 0.29) is 10.1 Å². The topological polar surface area (TPSA) is 0 Å². The number of hydrogen-bond donors (Lipinski definition) is 0. The van der Waals surface area contributed by atoms with Crippen molar-refractivity contribution in [3.05, 3.63) is 9.81 Å². The fourth-order valence-corrected chi connectivity index (χ4v) is 5.04. The molecule has 0 aliphatic carbocycles. The van der Waals surface area contributed by atoms with E-state index in [9.17, 15) is 0 Å². The first-order valence-corrected chi connectivity index (χ1v) is 18.3. The van der Waals surface area contributed by atoms with Crippen LogP contribution in [0, 0.1) is 22.9 Å². The molecule has 27 heavy (non-hydrogen) atoms. The third kappa shape index (κ3) is 8.90. The van der Waals surface area contributed by atoms with Crippen LogP contribution in [-0.2, 0) is 0 Å². The van der Waals surface area contributed by atoms with Gasteiger partial charge in [-0.05, 0) is 28.5 Å². The highest BCUT2D eigenvalue weighted by molar-refractivity contribution is 8.06. The molecule has 0 spiro atoms. The second-order valence-electron chi connectivity index (χ2n) is 10.3. The fourth-order valence-electron chi connectivity index (χ4n) is 1.48. The van der Waals surface area contributed by atoms with Gasteiger partial charge in [-0.2, -0.15) is 0 Å². The standard InChI is InChI=1S/C23H42S2Si2/c1-13-14-17-25-21(16-19-27(11,12)23(5,6)7)20(24-8)15-18-26(9,10)22(2,3)4/h13-14,17H2,1-12H3/b21-20-. The summed E-state index contributed by atoms with van der Waals surface area (Å²) < 4.78 is 0. The van der Waals surface area contributed by atoms with Crippen LogP contribution in [0.3, 0.4) is 0 Å². The molecule has 0 aliphatic rings. The molecule has 0 fully saturated rings. The summed E-state index contributed by atoms with van der Waals surface area (Å²) in [6.07, 6.45) is 4.59. The van der Waals surface area contributed by atoms with Crippen LogP contribution in [-0.4, -0.2) is 28.2 Å². The minimum Gasteiger partial charge on any atom is -0.125 e. The van der Waals surface area contributed by atoms with Crippen LogP contribution in [0.15, 0.2) is 9.81 Å². The molecule has 0 bridgehead atoms. The molecule has 0 saturated carbocycles. The Morgan fingerprint density at radius 2 is 1.19 bits per heavy atom. The molecule has 0 aliphatic heterocycles. The molecule has 4 heteroatoms. The van der Waals surface area contributed by atoms with Gasteiger partial charge in [-0.15, -0.1) is 34.6 Å². The molecule has 0 radical (unpaired) electrons. The highest BCUT2D eigenvalue weighted by atomic mass is 32.2. The van der Waals surface area contributed by atoms with Crippen molar-refractivity contribution in [1.82, 2.24) is 0 Å². The first-order chi connectivity index (χ1) is 12.1. The summed E-state index contributed by atoms with van der Waals surface area (Å²) >= 11 is 3.67. The van der Waals surface area contributed by atoms with Crippen molar-refractivity contribution < 1.29 is 0 Å². The Morgan fingerprint density at radius 3 is 1.52 bits per heavy atom. The maximum absolute atomic E-state index is 3.71. The van der Waals surface area contributed by atoms with Crippen molar-refractivity contribution in [2.75, 3.05) is 12.0 Å². The zero-order chi connectivity index (χ0) is 21.5. The zero-order valence-corrected chi connectivity index (χ0v) is 23.6. The molecule has 0 saturated heterocycles. The number of thioether (sulfide) groups is 2. The molecule has 0 heterocycles. The summed E-state index contributed by atoms with van der Waals surface area (Å²) in [6.45, 7) is 25.7. The Balaban J connectivity index is 6.10. The Hall–Kier alpha value is -0.00623. The summed E-state index contributed by atoms with van der Waals surface area (Å²) in [5.74, 6) is 8.29. The molecule has 0 amide bonds. The molecule has 154 valence electrons. The summed E-state index contributed by atoms with van der Waals surface area (Å²) in [5, 5.41) is 0.567. The predicted molar refractivity (Wildman–Crippen MR) is 138 cm³/mol. The fraction of sp³-hybridized carbons (Fsp3) is 0.739. The van der Waals surface area contributed by atoms with E-state index >= 15 is 0 Å². The molecular formula is C23H42S2Si2. The maximum atomic E-state index is 3.71. The van der Waals surface area contributed by atoms with Crippen molar-refractivity contribution in [3.63, 3.8) is 0 Å². The smallest absolute Gasteiger partial charge is 0.125 e. The molecule has 0 unspecified atom stereocenters. The van der Waals surface area contributed by atoms with Gasteiger partial charge in [0.15, 0.2) is 0 Å². The highest BCUT2D eigenvalue weighted by Crippen LogP contribution is 2.37. The van der Waals surface area contributed by atoms with Crippen LogP contribution < -0.4 is 0 Å². The Kier molecular flexibility index (Phi) is 10.7. The van der Waals surface area contributed by atoms with E-state index in [1.54, 1.807) is 11.8 Å². The minimum atomic E-state index is -1.62. The van der Waals surface area contributed by atoms with Crippen LogP contribution >= 0.6 is 23.5 Å². The van der Waals surface area contributed by atoms with Gasteiger partial charge >= 0.3 is 0 Å². The third-order valence-electron chi connectivity index (χ3n) is 5.88. The first-order valence-electron chi connectivity index (χ1n) is 10.1. The third-order valence-corrected chi connectivity index (χ3v) is 16.8. The van der Waals surface area contributed by atoms with E-state index in [4.69, 9.17) is 0 Å². The van der Waals surface area contributed by atoms with E-state index in [1.165, 1.54) is 22.7 Å². The molecule has 0 aromatic carbocycles. The quantitative estimate of drug-likeness (QED) is 0.241. The molecule has 0 aromatic heterocycles. The molecule has 0 rings (SSSR count). The average molecular weight is 439 g/mol. The zero-order valence-electron chi connectivity index (χ0n) is 19.9. The van der Waals surface area contributed by atoms with Crippen molar-refractivity contribution >= 4 is 39.7 Å². The van der Waals surface area contributed by atoms with E-state index in [1.807, 2.05) is 11.8 Å². The van der Waals surface area contributed by atoms with E-state index in [0.29, 0.717) is 0 Å². The summed E-state index contributed by atoms with van der Waals surface area (Å²) in [4.78, 5) is 2.37. The largest absolute Gasteiger partial charge is 0.138 e. The van der Waals surface area contributed by atoms with Crippen LogP contribution in [0.2, 0.25) is 36.3 Å². The Labute approximate surface area is 181 Å². The van der Waals surface area contributed by atoms with E-state index in [0.717, 1.165) is 5.75 Å². The Morgan fingerprint density at radius 1 is 0.778 bits per heavy atom. The van der Waals surface area contributed by atoms with Crippen LogP contribution in [0.1, 0.15) is 61.3 Å². The molecular weight excluding hydrogens is 397 g/mol.